The molecule has 0 radical (unpaired) electrons. The van der Waals surface area contributed by atoms with Gasteiger partial charge in [-0.25, -0.2) is 0 Å². The second-order valence-electron chi connectivity index (χ2n) is 7.80. The normalized spacial score (nSPS) is 30.6. The van der Waals surface area contributed by atoms with Crippen LogP contribution in [0.5, 0.6) is 0 Å². The Bertz CT molecular complexity index is 373. The zero-order valence-electron chi connectivity index (χ0n) is 14.4. The largest absolute Gasteiger partial charge is 0.378 e. The van der Waals surface area contributed by atoms with E-state index < -0.39 is 5.54 Å². The van der Waals surface area contributed by atoms with Gasteiger partial charge in [-0.3, -0.25) is 4.79 Å². The predicted octanol–water partition coefficient (Wildman–Crippen LogP) is 2.41. The van der Waals surface area contributed by atoms with Gasteiger partial charge >= 0.3 is 0 Å². The molecular weight excluding hydrogens is 252 g/mol. The fraction of sp³-hybridized carbons (Fsp3) is 0.938. The number of carbonyl (C=O) groups excluding carboxylic acids is 1. The summed E-state index contributed by atoms with van der Waals surface area (Å²) in [4.78, 5) is 14.7. The highest BCUT2D eigenvalue weighted by Crippen LogP contribution is 2.50. The van der Waals surface area contributed by atoms with E-state index >= 15 is 0 Å². The molecule has 0 bridgehead atoms. The number of hydrogen-bond donors (Lipinski definition) is 1. The maximum atomic E-state index is 12.8. The second-order valence-corrected chi connectivity index (χ2v) is 7.80. The monoisotopic (exact) mass is 284 g/mol. The quantitative estimate of drug-likeness (QED) is 0.862. The van der Waals surface area contributed by atoms with Crippen LogP contribution in [0.4, 0.5) is 0 Å². The fourth-order valence-electron chi connectivity index (χ4n) is 2.87. The van der Waals surface area contributed by atoms with E-state index in [0.717, 1.165) is 0 Å². The van der Waals surface area contributed by atoms with Crippen LogP contribution in [0.25, 0.3) is 0 Å². The summed E-state index contributed by atoms with van der Waals surface area (Å²) in [6, 6.07) is 0.136. The van der Waals surface area contributed by atoms with Crippen molar-refractivity contribution in [3.05, 3.63) is 0 Å². The molecular formula is C16H32N2O2. The first-order chi connectivity index (χ1) is 8.89. The van der Waals surface area contributed by atoms with Gasteiger partial charge in [-0.05, 0) is 19.3 Å². The Morgan fingerprint density at radius 1 is 1.45 bits per heavy atom. The number of nitrogens with zero attached hydrogens (tertiary/aromatic N) is 1. The summed E-state index contributed by atoms with van der Waals surface area (Å²) in [7, 11) is 1.86. The van der Waals surface area contributed by atoms with Crippen LogP contribution in [0.2, 0.25) is 0 Å². The van der Waals surface area contributed by atoms with Gasteiger partial charge in [0.25, 0.3) is 0 Å². The third kappa shape index (κ3) is 2.60. The number of rotatable bonds is 4. The molecule has 0 aliphatic heterocycles. The summed E-state index contributed by atoms with van der Waals surface area (Å²) >= 11 is 0. The highest BCUT2D eigenvalue weighted by Gasteiger charge is 2.63. The van der Waals surface area contributed by atoms with Gasteiger partial charge in [0.1, 0.15) is 5.54 Å². The number of likely N-dealkylation sites (N-methyl/N-ethyl adjacent to an activating group) is 1. The third-order valence-electron chi connectivity index (χ3n) is 5.37. The lowest BCUT2D eigenvalue weighted by atomic mass is 9.54. The predicted molar refractivity (Wildman–Crippen MR) is 82.4 cm³/mol. The molecule has 1 amide bonds. The van der Waals surface area contributed by atoms with Crippen molar-refractivity contribution >= 4 is 5.91 Å². The minimum absolute atomic E-state index is 0.0286. The summed E-state index contributed by atoms with van der Waals surface area (Å²) in [6.45, 7) is 15.2. The van der Waals surface area contributed by atoms with Crippen LogP contribution in [0.1, 0.15) is 54.9 Å². The Morgan fingerprint density at radius 2 is 1.95 bits per heavy atom. The maximum absolute atomic E-state index is 12.8. The number of carbonyl (C=O) groups is 1. The highest BCUT2D eigenvalue weighted by molar-refractivity contribution is 5.89. The van der Waals surface area contributed by atoms with Crippen molar-refractivity contribution in [1.82, 2.24) is 4.90 Å². The molecule has 1 aliphatic carbocycles. The molecule has 0 heterocycles. The van der Waals surface area contributed by atoms with Crippen LogP contribution in [0.15, 0.2) is 0 Å². The van der Waals surface area contributed by atoms with E-state index in [0.29, 0.717) is 13.0 Å². The van der Waals surface area contributed by atoms with Crippen molar-refractivity contribution in [3.8, 4) is 0 Å². The van der Waals surface area contributed by atoms with E-state index in [2.05, 4.69) is 27.7 Å². The van der Waals surface area contributed by atoms with Crippen molar-refractivity contribution in [2.75, 3.05) is 13.7 Å². The molecule has 1 fully saturated rings. The van der Waals surface area contributed by atoms with Crippen LogP contribution in [0, 0.1) is 10.8 Å². The van der Waals surface area contributed by atoms with E-state index in [-0.39, 0.29) is 28.9 Å². The van der Waals surface area contributed by atoms with Crippen molar-refractivity contribution in [2.24, 2.45) is 16.6 Å². The van der Waals surface area contributed by atoms with Gasteiger partial charge < -0.3 is 15.4 Å². The molecule has 2 N–H and O–H groups in total. The third-order valence-corrected chi connectivity index (χ3v) is 5.37. The topological polar surface area (TPSA) is 55.6 Å². The molecule has 4 heteroatoms. The lowest BCUT2D eigenvalue weighted by molar-refractivity contribution is -0.181. The van der Waals surface area contributed by atoms with E-state index in [1.54, 1.807) is 0 Å². The van der Waals surface area contributed by atoms with Crippen molar-refractivity contribution in [1.29, 1.82) is 0 Å². The zero-order valence-corrected chi connectivity index (χ0v) is 14.4. The molecule has 0 spiro atoms. The van der Waals surface area contributed by atoms with Gasteiger partial charge in [-0.2, -0.15) is 0 Å². The van der Waals surface area contributed by atoms with Crippen molar-refractivity contribution < 1.29 is 9.53 Å². The summed E-state index contributed by atoms with van der Waals surface area (Å²) in [5, 5.41) is 0. The van der Waals surface area contributed by atoms with Crippen LogP contribution >= 0.6 is 0 Å². The molecule has 1 rings (SSSR count). The Hall–Kier alpha value is -0.610. The number of ether oxygens (including phenoxy) is 1. The summed E-state index contributed by atoms with van der Waals surface area (Å²) in [5.41, 5.74) is 5.35. The van der Waals surface area contributed by atoms with Crippen LogP contribution in [0.3, 0.4) is 0 Å². The summed E-state index contributed by atoms with van der Waals surface area (Å²) in [5.74, 6) is 0.0286. The minimum atomic E-state index is -0.818. The summed E-state index contributed by atoms with van der Waals surface area (Å²) in [6.07, 6.45) is 0.674. The van der Waals surface area contributed by atoms with Crippen LogP contribution < -0.4 is 5.73 Å². The molecule has 118 valence electrons. The van der Waals surface area contributed by atoms with Gasteiger partial charge in [0.05, 0.1) is 6.10 Å². The zero-order chi connectivity index (χ0) is 15.9. The summed E-state index contributed by atoms with van der Waals surface area (Å²) < 4.78 is 5.70. The molecule has 0 aromatic heterocycles. The van der Waals surface area contributed by atoms with Crippen molar-refractivity contribution in [2.45, 2.75) is 72.6 Å². The first kappa shape index (κ1) is 17.4. The van der Waals surface area contributed by atoms with Crippen LogP contribution in [-0.4, -0.2) is 42.1 Å². The lowest BCUT2D eigenvalue weighted by Crippen LogP contribution is -2.76. The fourth-order valence-corrected chi connectivity index (χ4v) is 2.87. The number of nitrogens with two attached hydrogens (primary N) is 1. The maximum Gasteiger partial charge on any atom is 0.243 e. The molecule has 1 saturated carbocycles. The van der Waals surface area contributed by atoms with Gasteiger partial charge in [-0.15, -0.1) is 0 Å². The molecule has 1 aliphatic rings. The van der Waals surface area contributed by atoms with Gasteiger partial charge in [0.15, 0.2) is 0 Å². The SMILES string of the molecule is CCOC1CC(N)(C(=O)N(C)C(C)C(C)(C)C)C1(C)C. The molecule has 4 nitrogen and oxygen atoms in total. The molecule has 3 atom stereocenters. The van der Waals surface area contributed by atoms with Gasteiger partial charge in [0, 0.05) is 31.5 Å². The Balaban J connectivity index is 2.88. The molecule has 20 heavy (non-hydrogen) atoms. The molecule has 0 aromatic carbocycles. The second kappa shape index (κ2) is 5.30. The lowest BCUT2D eigenvalue weighted by Gasteiger charge is -2.59. The minimum Gasteiger partial charge on any atom is -0.378 e. The van der Waals surface area contributed by atoms with Crippen molar-refractivity contribution in [3.63, 3.8) is 0 Å². The first-order valence-electron chi connectivity index (χ1n) is 7.57. The first-order valence-corrected chi connectivity index (χ1v) is 7.57. The Labute approximate surface area is 124 Å². The molecule has 3 unspecified atom stereocenters. The molecule has 0 aromatic rings. The average molecular weight is 284 g/mol. The average Bonchev–Trinajstić information content (AvgIpc) is 2.34. The standard InChI is InChI=1S/C16H32N2O2/c1-9-20-12-10-16(17,15(12,6)7)13(19)18(8)11(2)14(3,4)5/h11-12H,9-10,17H2,1-8H3. The van der Waals surface area contributed by atoms with E-state index in [1.807, 2.05) is 32.7 Å². The highest BCUT2D eigenvalue weighted by atomic mass is 16.5. The van der Waals surface area contributed by atoms with E-state index in [9.17, 15) is 4.79 Å². The Morgan fingerprint density at radius 3 is 2.30 bits per heavy atom. The van der Waals surface area contributed by atoms with Gasteiger partial charge in [0.2, 0.25) is 5.91 Å². The van der Waals surface area contributed by atoms with E-state index in [1.165, 1.54) is 0 Å². The Kier molecular flexibility index (Phi) is 4.62. The van der Waals surface area contributed by atoms with Crippen LogP contribution in [-0.2, 0) is 9.53 Å². The van der Waals surface area contributed by atoms with Gasteiger partial charge in [-0.1, -0.05) is 34.6 Å². The number of hydrogen-bond acceptors (Lipinski definition) is 3. The smallest absolute Gasteiger partial charge is 0.243 e. The number of amides is 1. The molecule has 0 saturated heterocycles. The van der Waals surface area contributed by atoms with E-state index in [4.69, 9.17) is 10.5 Å².